The van der Waals surface area contributed by atoms with Gasteiger partial charge in [-0.1, -0.05) is 30.3 Å². The lowest BCUT2D eigenvalue weighted by Crippen LogP contribution is -2.37. The maximum absolute atomic E-state index is 14.5. The van der Waals surface area contributed by atoms with Crippen molar-refractivity contribution in [2.24, 2.45) is 0 Å². The third-order valence-corrected chi connectivity index (χ3v) is 6.34. The normalized spacial score (nSPS) is 14.1. The van der Waals surface area contributed by atoms with Crippen LogP contribution in [0.2, 0.25) is 0 Å². The topological polar surface area (TPSA) is 92.8 Å². The molecule has 1 fully saturated rings. The molecule has 9 heteroatoms. The zero-order chi connectivity index (χ0) is 25.4. The number of aromatic nitrogens is 4. The van der Waals surface area contributed by atoms with Crippen LogP contribution < -0.4 is 4.90 Å². The van der Waals surface area contributed by atoms with Gasteiger partial charge in [-0.25, -0.2) is 24.1 Å². The van der Waals surface area contributed by atoms with Crippen molar-refractivity contribution in [3.63, 3.8) is 0 Å². The van der Waals surface area contributed by atoms with Gasteiger partial charge in [0.05, 0.1) is 47.6 Å². The Bertz CT molecular complexity index is 1670. The molecule has 0 atom stereocenters. The summed E-state index contributed by atoms with van der Waals surface area (Å²) >= 11 is 0. The van der Waals surface area contributed by atoms with E-state index in [0.29, 0.717) is 54.7 Å². The Kier molecular flexibility index (Phi) is 5.82. The zero-order valence-corrected chi connectivity index (χ0v) is 19.7. The van der Waals surface area contributed by atoms with Crippen LogP contribution in [0.4, 0.5) is 10.2 Å². The van der Waals surface area contributed by atoms with Crippen molar-refractivity contribution < 1.29 is 19.0 Å². The van der Waals surface area contributed by atoms with Gasteiger partial charge in [-0.15, -0.1) is 0 Å². The number of hydrogen-bond donors (Lipinski definition) is 1. The number of rotatable bonds is 5. The summed E-state index contributed by atoms with van der Waals surface area (Å²) in [5.41, 5.74) is 3.72. The van der Waals surface area contributed by atoms with E-state index in [1.165, 1.54) is 12.1 Å². The fraction of sp³-hybridized carbons (Fsp3) is 0.143. The molecule has 0 bridgehead atoms. The summed E-state index contributed by atoms with van der Waals surface area (Å²) in [6.07, 6.45) is 7.30. The summed E-state index contributed by atoms with van der Waals surface area (Å²) < 4.78 is 21.9. The van der Waals surface area contributed by atoms with Crippen LogP contribution in [0.25, 0.3) is 40.0 Å². The number of aromatic carboxylic acids is 1. The summed E-state index contributed by atoms with van der Waals surface area (Å²) in [5.74, 6) is -1.41. The van der Waals surface area contributed by atoms with Crippen molar-refractivity contribution in [2.75, 3.05) is 31.2 Å². The number of imidazole rings is 1. The van der Waals surface area contributed by atoms with E-state index in [1.807, 2.05) is 59.1 Å². The standard InChI is InChI=1S/C28H22FN5O3/c29-23-15-19(6-10-22(23)28(35)36)25-16-30-26(33-11-13-37-14-12-33)27-32-21(17-34(25)27)9-8-20-7-5-18-3-1-2-4-24(18)31-20/h1-10,15-17H,11-14H2,(H,35,36). The largest absolute Gasteiger partial charge is 0.478 e. The highest BCUT2D eigenvalue weighted by atomic mass is 19.1. The molecule has 4 heterocycles. The number of benzene rings is 2. The minimum atomic E-state index is -1.31. The molecule has 0 unspecified atom stereocenters. The Balaban J connectivity index is 1.44. The number of ether oxygens (including phenoxy) is 1. The Morgan fingerprint density at radius 3 is 2.62 bits per heavy atom. The average molecular weight is 496 g/mol. The minimum Gasteiger partial charge on any atom is -0.478 e. The van der Waals surface area contributed by atoms with Gasteiger partial charge in [0.25, 0.3) is 0 Å². The fourth-order valence-electron chi connectivity index (χ4n) is 4.47. The predicted molar refractivity (Wildman–Crippen MR) is 139 cm³/mol. The van der Waals surface area contributed by atoms with Gasteiger partial charge in [-0.05, 0) is 36.4 Å². The molecule has 1 saturated heterocycles. The number of pyridine rings is 1. The first kappa shape index (κ1) is 22.8. The van der Waals surface area contributed by atoms with Crippen molar-refractivity contribution in [1.29, 1.82) is 0 Å². The molecule has 0 amide bonds. The molecule has 0 aliphatic carbocycles. The summed E-state index contributed by atoms with van der Waals surface area (Å²) in [4.78, 5) is 27.6. The predicted octanol–water partition coefficient (Wildman–Crippen LogP) is 4.79. The van der Waals surface area contributed by atoms with Gasteiger partial charge in [0, 0.05) is 30.2 Å². The molecular formula is C28H22FN5O3. The van der Waals surface area contributed by atoms with E-state index in [2.05, 4.69) is 14.9 Å². The highest BCUT2D eigenvalue weighted by Gasteiger charge is 2.20. The first-order valence-electron chi connectivity index (χ1n) is 11.8. The maximum Gasteiger partial charge on any atom is 0.338 e. The van der Waals surface area contributed by atoms with Crippen LogP contribution in [0, 0.1) is 5.82 Å². The Labute approximate surface area is 211 Å². The molecule has 6 rings (SSSR count). The first-order chi connectivity index (χ1) is 18.1. The number of hydrogen-bond acceptors (Lipinski definition) is 6. The van der Waals surface area contributed by atoms with Crippen molar-refractivity contribution in [1.82, 2.24) is 19.4 Å². The van der Waals surface area contributed by atoms with Gasteiger partial charge in [0.1, 0.15) is 5.82 Å². The molecule has 0 spiro atoms. The summed E-state index contributed by atoms with van der Waals surface area (Å²) in [7, 11) is 0. The number of carboxylic acid groups (broad SMARTS) is 1. The summed E-state index contributed by atoms with van der Waals surface area (Å²) in [5, 5.41) is 10.3. The second kappa shape index (κ2) is 9.44. The lowest BCUT2D eigenvalue weighted by atomic mass is 10.1. The number of carbonyl (C=O) groups is 1. The quantitative estimate of drug-likeness (QED) is 0.375. The SMILES string of the molecule is O=C(O)c1ccc(-c2cnc(N3CCOCC3)c3nc(C=Cc4ccc5ccccc5n4)cn23)cc1F. The highest BCUT2D eigenvalue weighted by Crippen LogP contribution is 2.28. The molecule has 8 nitrogen and oxygen atoms in total. The fourth-order valence-corrected chi connectivity index (χ4v) is 4.47. The summed E-state index contributed by atoms with van der Waals surface area (Å²) in [6, 6.07) is 16.0. The van der Waals surface area contributed by atoms with Gasteiger partial charge in [-0.3, -0.25) is 4.40 Å². The average Bonchev–Trinajstić information content (AvgIpc) is 3.36. The molecule has 37 heavy (non-hydrogen) atoms. The van der Waals surface area contributed by atoms with E-state index >= 15 is 0 Å². The molecule has 0 radical (unpaired) electrons. The van der Waals surface area contributed by atoms with Crippen molar-refractivity contribution >= 4 is 40.5 Å². The molecule has 2 aromatic carbocycles. The second-order valence-corrected chi connectivity index (χ2v) is 8.69. The van der Waals surface area contributed by atoms with E-state index in [0.717, 1.165) is 16.6 Å². The number of morpholine rings is 1. The van der Waals surface area contributed by atoms with Gasteiger partial charge in [0.2, 0.25) is 0 Å². The Morgan fingerprint density at radius 2 is 1.81 bits per heavy atom. The van der Waals surface area contributed by atoms with E-state index in [9.17, 15) is 14.3 Å². The lowest BCUT2D eigenvalue weighted by Gasteiger charge is -2.28. The monoisotopic (exact) mass is 495 g/mol. The van der Waals surface area contributed by atoms with E-state index in [1.54, 1.807) is 12.3 Å². The number of carboxylic acids is 1. The first-order valence-corrected chi connectivity index (χ1v) is 11.8. The van der Waals surface area contributed by atoms with E-state index in [4.69, 9.17) is 9.72 Å². The van der Waals surface area contributed by atoms with E-state index in [-0.39, 0.29) is 5.56 Å². The lowest BCUT2D eigenvalue weighted by molar-refractivity contribution is 0.0692. The number of anilines is 1. The summed E-state index contributed by atoms with van der Waals surface area (Å²) in [6.45, 7) is 2.56. The number of nitrogens with zero attached hydrogens (tertiary/aromatic N) is 5. The smallest absolute Gasteiger partial charge is 0.338 e. The van der Waals surface area contributed by atoms with Crippen LogP contribution in [-0.4, -0.2) is 56.7 Å². The van der Waals surface area contributed by atoms with Crippen LogP contribution in [0.5, 0.6) is 0 Å². The van der Waals surface area contributed by atoms with Crippen LogP contribution >= 0.6 is 0 Å². The molecule has 3 aromatic heterocycles. The third-order valence-electron chi connectivity index (χ3n) is 6.34. The van der Waals surface area contributed by atoms with Crippen molar-refractivity contribution in [2.45, 2.75) is 0 Å². The maximum atomic E-state index is 14.5. The molecule has 0 saturated carbocycles. The zero-order valence-electron chi connectivity index (χ0n) is 19.7. The second-order valence-electron chi connectivity index (χ2n) is 8.69. The van der Waals surface area contributed by atoms with E-state index < -0.39 is 11.8 Å². The minimum absolute atomic E-state index is 0.380. The molecular weight excluding hydrogens is 473 g/mol. The van der Waals surface area contributed by atoms with Gasteiger partial charge in [0.15, 0.2) is 11.5 Å². The highest BCUT2D eigenvalue weighted by molar-refractivity contribution is 5.89. The van der Waals surface area contributed by atoms with Gasteiger partial charge in [-0.2, -0.15) is 0 Å². The Hall–Kier alpha value is -4.63. The van der Waals surface area contributed by atoms with Crippen LogP contribution in [0.3, 0.4) is 0 Å². The molecule has 184 valence electrons. The van der Waals surface area contributed by atoms with Crippen molar-refractivity contribution in [3.8, 4) is 11.3 Å². The van der Waals surface area contributed by atoms with Gasteiger partial charge < -0.3 is 14.7 Å². The van der Waals surface area contributed by atoms with Gasteiger partial charge >= 0.3 is 5.97 Å². The molecule has 1 aliphatic rings. The Morgan fingerprint density at radius 1 is 1.00 bits per heavy atom. The number of para-hydroxylation sites is 1. The molecule has 1 aliphatic heterocycles. The van der Waals surface area contributed by atoms with Crippen molar-refractivity contribution in [3.05, 3.63) is 89.8 Å². The third kappa shape index (κ3) is 4.41. The number of fused-ring (bicyclic) bond motifs is 2. The molecule has 5 aromatic rings. The van der Waals surface area contributed by atoms with Crippen LogP contribution in [-0.2, 0) is 4.74 Å². The molecule has 1 N–H and O–H groups in total. The van der Waals surface area contributed by atoms with Crippen LogP contribution in [0.15, 0.2) is 67.0 Å². The van der Waals surface area contributed by atoms with Crippen LogP contribution in [0.1, 0.15) is 21.7 Å². The number of halogens is 1.